The van der Waals surface area contributed by atoms with Crippen LogP contribution in [0.15, 0.2) is 46.3 Å². The number of thiazole rings is 1. The van der Waals surface area contributed by atoms with Gasteiger partial charge in [-0.1, -0.05) is 9.24 Å². The number of alkyl halides is 1. The molecule has 0 saturated carbocycles. The number of imidazole rings is 1. The maximum atomic E-state index is 14.1. The molecule has 36 heavy (non-hydrogen) atoms. The fraction of sp³-hybridized carbons (Fsp3) is 0.320. The second-order valence-corrected chi connectivity index (χ2v) is 10.9. The second kappa shape index (κ2) is 9.01. The number of aryl methyl sites for hydroxylation is 1. The molecule has 0 N–H and O–H groups in total. The van der Waals surface area contributed by atoms with E-state index in [9.17, 15) is 4.39 Å². The van der Waals surface area contributed by atoms with E-state index in [0.29, 0.717) is 61.1 Å². The topological polar surface area (TPSA) is 77.9 Å². The van der Waals surface area contributed by atoms with Crippen molar-refractivity contribution in [2.45, 2.75) is 31.8 Å². The Balaban J connectivity index is 1.25. The van der Waals surface area contributed by atoms with Crippen LogP contribution in [0.4, 0.5) is 9.52 Å². The van der Waals surface area contributed by atoms with E-state index >= 15 is 0 Å². The Morgan fingerprint density at radius 1 is 1.19 bits per heavy atom. The molecule has 5 heterocycles. The lowest BCUT2D eigenvalue weighted by atomic mass is 10.1. The van der Waals surface area contributed by atoms with Crippen molar-refractivity contribution in [3.05, 3.63) is 53.3 Å². The van der Waals surface area contributed by atoms with Crippen LogP contribution in [0.3, 0.4) is 0 Å². The Morgan fingerprint density at radius 3 is 2.83 bits per heavy atom. The molecule has 1 aliphatic heterocycles. The number of methoxy groups -OCH3 is 1. The molecule has 6 rings (SSSR count). The van der Waals surface area contributed by atoms with Gasteiger partial charge in [-0.15, -0.1) is 11.3 Å². The minimum atomic E-state index is -1.17. The summed E-state index contributed by atoms with van der Waals surface area (Å²) < 4.78 is 33.6. The molecule has 8 nitrogen and oxygen atoms in total. The highest BCUT2D eigenvalue weighted by Crippen LogP contribution is 2.38. The molecule has 0 bridgehead atoms. The number of hydrogen-bond acceptors (Lipinski definition) is 8. The highest BCUT2D eigenvalue weighted by atomic mass is 32.1. The molecular weight excluding hydrogens is 500 g/mol. The maximum Gasteiger partial charge on any atom is 0.185 e. The number of furan rings is 1. The van der Waals surface area contributed by atoms with Crippen molar-refractivity contribution in [1.82, 2.24) is 19.6 Å². The third-order valence-corrected chi connectivity index (χ3v) is 7.82. The summed E-state index contributed by atoms with van der Waals surface area (Å²) in [5, 5.41) is 6.99. The lowest BCUT2D eigenvalue weighted by Gasteiger charge is -2.33. The number of benzene rings is 1. The number of piperidine rings is 1. The normalized spacial score (nSPS) is 15.6. The molecule has 1 saturated heterocycles. The molecule has 5 aromatic rings. The summed E-state index contributed by atoms with van der Waals surface area (Å²) in [6.07, 6.45) is 2.81. The summed E-state index contributed by atoms with van der Waals surface area (Å²) in [7, 11) is 3.94. The van der Waals surface area contributed by atoms with E-state index in [1.807, 2.05) is 48.8 Å². The number of halogens is 1. The van der Waals surface area contributed by atoms with Crippen molar-refractivity contribution >= 4 is 42.3 Å². The predicted octanol–water partition coefficient (Wildman–Crippen LogP) is 5.64. The van der Waals surface area contributed by atoms with E-state index in [-0.39, 0.29) is 0 Å². The van der Waals surface area contributed by atoms with Crippen LogP contribution in [0.25, 0.3) is 28.1 Å². The van der Waals surface area contributed by atoms with Gasteiger partial charge in [-0.2, -0.15) is 5.10 Å². The number of rotatable bonds is 6. The molecular formula is C25H25FN5O3PS. The first-order valence-corrected chi connectivity index (χ1v) is 13.1. The van der Waals surface area contributed by atoms with Crippen molar-refractivity contribution in [1.29, 1.82) is 0 Å². The van der Waals surface area contributed by atoms with E-state index in [1.54, 1.807) is 23.0 Å². The molecule has 0 spiro atoms. The molecule has 11 heteroatoms. The van der Waals surface area contributed by atoms with Crippen molar-refractivity contribution in [3.63, 3.8) is 0 Å². The maximum absolute atomic E-state index is 14.1. The van der Waals surface area contributed by atoms with Gasteiger partial charge in [0.1, 0.15) is 34.8 Å². The van der Waals surface area contributed by atoms with Crippen molar-refractivity contribution in [2.75, 3.05) is 25.1 Å². The molecule has 0 aliphatic carbocycles. The van der Waals surface area contributed by atoms with Crippen LogP contribution in [0.2, 0.25) is 0 Å². The van der Waals surface area contributed by atoms with Gasteiger partial charge in [0.05, 0.1) is 30.1 Å². The first kappa shape index (κ1) is 23.2. The molecule has 1 unspecified atom stereocenters. The van der Waals surface area contributed by atoms with Crippen LogP contribution in [-0.4, -0.2) is 45.2 Å². The summed E-state index contributed by atoms with van der Waals surface area (Å²) in [6.45, 7) is 3.54. The summed E-state index contributed by atoms with van der Waals surface area (Å²) in [6, 6.07) is 9.44. The minimum absolute atomic E-state index is 0.293. The minimum Gasteiger partial charge on any atom is -0.496 e. The van der Waals surface area contributed by atoms with Gasteiger partial charge in [0.2, 0.25) is 0 Å². The molecule has 0 radical (unpaired) electrons. The number of hydrogen-bond donors (Lipinski definition) is 0. The zero-order valence-corrected chi connectivity index (χ0v) is 21.9. The first-order valence-electron chi connectivity index (χ1n) is 11.6. The highest BCUT2D eigenvalue weighted by molar-refractivity contribution is 7.18. The largest absolute Gasteiger partial charge is 0.496 e. The van der Waals surface area contributed by atoms with E-state index in [0.717, 1.165) is 27.6 Å². The third kappa shape index (κ3) is 4.51. The van der Waals surface area contributed by atoms with Gasteiger partial charge in [0.15, 0.2) is 16.5 Å². The average Bonchev–Trinajstić information content (AvgIpc) is 3.60. The van der Waals surface area contributed by atoms with E-state index in [4.69, 9.17) is 18.9 Å². The van der Waals surface area contributed by atoms with Crippen LogP contribution in [-0.2, 0) is 6.61 Å². The summed E-state index contributed by atoms with van der Waals surface area (Å²) >= 11 is 1.55. The Hall–Kier alpha value is -3.23. The lowest BCUT2D eigenvalue weighted by molar-refractivity contribution is 0.235. The SMILES string of the molecule is COc1cc(OCc2csc(N3CCC(F)(P)CC3)n2)c2cc(-c3cn4nc(C)ccc4n3)oc2c1. The van der Waals surface area contributed by atoms with E-state index < -0.39 is 5.41 Å². The van der Waals surface area contributed by atoms with Crippen molar-refractivity contribution in [3.8, 4) is 23.0 Å². The fourth-order valence-electron chi connectivity index (χ4n) is 4.27. The zero-order chi connectivity index (χ0) is 24.9. The zero-order valence-electron chi connectivity index (χ0n) is 19.9. The van der Waals surface area contributed by atoms with Gasteiger partial charge >= 0.3 is 0 Å². The van der Waals surface area contributed by atoms with Gasteiger partial charge in [-0.3, -0.25) is 0 Å². The van der Waals surface area contributed by atoms with Crippen LogP contribution in [0, 0.1) is 6.92 Å². The van der Waals surface area contributed by atoms with Crippen LogP contribution < -0.4 is 14.4 Å². The van der Waals surface area contributed by atoms with Crippen LogP contribution in [0.5, 0.6) is 11.5 Å². The van der Waals surface area contributed by atoms with E-state index in [1.165, 1.54) is 0 Å². The van der Waals surface area contributed by atoms with Gasteiger partial charge < -0.3 is 18.8 Å². The predicted molar refractivity (Wildman–Crippen MR) is 141 cm³/mol. The highest BCUT2D eigenvalue weighted by Gasteiger charge is 2.30. The molecule has 1 aliphatic rings. The summed E-state index contributed by atoms with van der Waals surface area (Å²) in [5.41, 5.74) is 3.79. The lowest BCUT2D eigenvalue weighted by Crippen LogP contribution is -2.38. The second-order valence-electron chi connectivity index (χ2n) is 8.98. The molecule has 1 fully saturated rings. The van der Waals surface area contributed by atoms with E-state index in [2.05, 4.69) is 24.2 Å². The van der Waals surface area contributed by atoms with Gasteiger partial charge in [0.25, 0.3) is 0 Å². The monoisotopic (exact) mass is 525 g/mol. The number of anilines is 1. The number of fused-ring (bicyclic) bond motifs is 2. The number of ether oxygens (including phenoxy) is 2. The van der Waals surface area contributed by atoms with Gasteiger partial charge in [0, 0.05) is 43.4 Å². The standard InChI is InChI=1S/C25H25FN5O3PS/c1-15-3-4-23-28-19(12-31(23)29-15)22-11-18-20(9-17(32-2)10-21(18)34-22)33-13-16-14-36-24(27-16)30-7-5-25(26,35)6-8-30/h3-4,9-12,14H,5-8,13,35H2,1-2H3. The molecule has 0 amide bonds. The fourth-order valence-corrected chi connectivity index (χ4v) is 5.39. The van der Waals surface area contributed by atoms with Crippen molar-refractivity contribution in [2.24, 2.45) is 0 Å². The Kier molecular flexibility index (Phi) is 5.80. The van der Waals surface area contributed by atoms with Gasteiger partial charge in [-0.25, -0.2) is 18.9 Å². The Labute approximate surface area is 213 Å². The van der Waals surface area contributed by atoms with Crippen molar-refractivity contribution < 1.29 is 18.3 Å². The molecule has 4 aromatic heterocycles. The Morgan fingerprint density at radius 2 is 2.03 bits per heavy atom. The molecule has 1 atom stereocenters. The summed E-state index contributed by atoms with van der Waals surface area (Å²) in [4.78, 5) is 11.5. The molecule has 186 valence electrons. The average molecular weight is 526 g/mol. The Bertz CT molecular complexity index is 1550. The first-order chi connectivity index (χ1) is 17.4. The van der Waals surface area contributed by atoms with Crippen LogP contribution in [0.1, 0.15) is 24.2 Å². The number of aromatic nitrogens is 4. The third-order valence-electron chi connectivity index (χ3n) is 6.29. The molecule has 1 aromatic carbocycles. The summed E-state index contributed by atoms with van der Waals surface area (Å²) in [5.74, 6) is 1.88. The quantitative estimate of drug-likeness (QED) is 0.266. The van der Waals surface area contributed by atoms with Crippen LogP contribution >= 0.6 is 20.6 Å². The van der Waals surface area contributed by atoms with Gasteiger partial charge in [-0.05, 0) is 25.1 Å². The number of nitrogens with zero attached hydrogens (tertiary/aromatic N) is 5. The smallest absolute Gasteiger partial charge is 0.185 e.